The van der Waals surface area contributed by atoms with E-state index in [4.69, 9.17) is 0 Å². The first-order valence-electron chi connectivity index (χ1n) is 4.97. The predicted molar refractivity (Wildman–Crippen MR) is 86.3 cm³/mol. The molecular weight excluding hydrogens is 440 g/mol. The second kappa shape index (κ2) is 5.81. The number of carbonyl (C=O) groups excluding carboxylic acids is 1. The molecule has 17 heavy (non-hydrogen) atoms. The lowest BCUT2D eigenvalue weighted by Crippen LogP contribution is -2.11. The van der Waals surface area contributed by atoms with Crippen molar-refractivity contribution < 1.29 is 4.79 Å². The molecule has 0 aromatic heterocycles. The van der Waals surface area contributed by atoms with Gasteiger partial charge in [-0.05, 0) is 87.6 Å². The summed E-state index contributed by atoms with van der Waals surface area (Å²) in [6.07, 6.45) is 0. The van der Waals surface area contributed by atoms with Gasteiger partial charge in [-0.3, -0.25) is 4.79 Å². The van der Waals surface area contributed by atoms with Crippen LogP contribution >= 0.6 is 45.2 Å². The van der Waals surface area contributed by atoms with Gasteiger partial charge >= 0.3 is 0 Å². The Morgan fingerprint density at radius 2 is 1.65 bits per heavy atom. The van der Waals surface area contributed by atoms with E-state index in [0.29, 0.717) is 5.56 Å². The van der Waals surface area contributed by atoms with E-state index in [9.17, 15) is 4.79 Å². The molecule has 0 fully saturated rings. The minimum atomic E-state index is -0.0790. The summed E-state index contributed by atoms with van der Waals surface area (Å²) in [6.45, 7) is 0. The van der Waals surface area contributed by atoms with Gasteiger partial charge in [-0.1, -0.05) is 6.07 Å². The smallest absolute Gasteiger partial charge is 0.255 e. The van der Waals surface area contributed by atoms with Crippen molar-refractivity contribution in [2.24, 2.45) is 0 Å². The van der Waals surface area contributed by atoms with Gasteiger partial charge in [0.1, 0.15) is 0 Å². The zero-order valence-corrected chi connectivity index (χ0v) is 13.1. The Labute approximate surface area is 127 Å². The van der Waals surface area contributed by atoms with Crippen molar-refractivity contribution >= 4 is 56.8 Å². The van der Waals surface area contributed by atoms with Crippen LogP contribution in [0.5, 0.6) is 0 Å². The van der Waals surface area contributed by atoms with Crippen molar-refractivity contribution in [2.75, 3.05) is 5.32 Å². The fourth-order valence-electron chi connectivity index (χ4n) is 1.37. The van der Waals surface area contributed by atoms with Crippen LogP contribution in [0.1, 0.15) is 10.4 Å². The molecule has 86 valence electrons. The van der Waals surface area contributed by atoms with Gasteiger partial charge in [0, 0.05) is 18.4 Å². The van der Waals surface area contributed by atoms with Crippen LogP contribution in [0.25, 0.3) is 0 Å². The van der Waals surface area contributed by atoms with Gasteiger partial charge in [0.15, 0.2) is 0 Å². The number of benzene rings is 2. The number of hydrogen-bond donors (Lipinski definition) is 1. The molecule has 0 saturated heterocycles. The number of carbonyl (C=O) groups is 1. The van der Waals surface area contributed by atoms with Crippen LogP contribution in [0.15, 0.2) is 48.5 Å². The van der Waals surface area contributed by atoms with Crippen molar-refractivity contribution in [1.82, 2.24) is 0 Å². The maximum atomic E-state index is 11.9. The summed E-state index contributed by atoms with van der Waals surface area (Å²) >= 11 is 4.43. The summed E-state index contributed by atoms with van der Waals surface area (Å²) in [5.41, 5.74) is 1.49. The lowest BCUT2D eigenvalue weighted by Gasteiger charge is -2.05. The van der Waals surface area contributed by atoms with Crippen LogP contribution in [0, 0.1) is 7.14 Å². The third kappa shape index (κ3) is 3.67. The van der Waals surface area contributed by atoms with Crippen molar-refractivity contribution in [1.29, 1.82) is 0 Å². The van der Waals surface area contributed by atoms with Crippen LogP contribution in [-0.4, -0.2) is 5.91 Å². The standard InChI is InChI=1S/C13H9I2NO/c14-10-4-6-12(7-5-10)16-13(17)9-2-1-3-11(15)8-9/h1-8H,(H,16,17). The zero-order valence-electron chi connectivity index (χ0n) is 8.78. The summed E-state index contributed by atoms with van der Waals surface area (Å²) in [5.74, 6) is -0.0790. The largest absolute Gasteiger partial charge is 0.322 e. The summed E-state index contributed by atoms with van der Waals surface area (Å²) in [7, 11) is 0. The molecule has 0 aliphatic carbocycles. The molecule has 2 rings (SSSR count). The SMILES string of the molecule is O=C(Nc1ccc(I)cc1)c1cccc(I)c1. The number of rotatable bonds is 2. The number of anilines is 1. The highest BCUT2D eigenvalue weighted by Crippen LogP contribution is 2.13. The third-order valence-corrected chi connectivity index (χ3v) is 3.58. The number of amides is 1. The minimum Gasteiger partial charge on any atom is -0.322 e. The highest BCUT2D eigenvalue weighted by Gasteiger charge is 2.05. The van der Waals surface area contributed by atoms with E-state index >= 15 is 0 Å². The van der Waals surface area contributed by atoms with Gasteiger partial charge in [0.05, 0.1) is 0 Å². The molecule has 4 heteroatoms. The first-order chi connectivity index (χ1) is 8.15. The maximum absolute atomic E-state index is 11.9. The summed E-state index contributed by atoms with van der Waals surface area (Å²) < 4.78 is 2.20. The normalized spacial score (nSPS) is 10.0. The Kier molecular flexibility index (Phi) is 4.38. The van der Waals surface area contributed by atoms with E-state index in [1.165, 1.54) is 0 Å². The molecule has 2 nitrogen and oxygen atoms in total. The topological polar surface area (TPSA) is 29.1 Å². The molecule has 0 atom stereocenters. The van der Waals surface area contributed by atoms with Crippen molar-refractivity contribution in [3.63, 3.8) is 0 Å². The molecule has 0 aliphatic rings. The van der Waals surface area contributed by atoms with Crippen molar-refractivity contribution in [3.8, 4) is 0 Å². The lowest BCUT2D eigenvalue weighted by molar-refractivity contribution is 0.102. The predicted octanol–water partition coefficient (Wildman–Crippen LogP) is 4.15. The Bertz CT molecular complexity index is 537. The van der Waals surface area contributed by atoms with E-state index in [2.05, 4.69) is 50.5 Å². The number of hydrogen-bond acceptors (Lipinski definition) is 1. The summed E-state index contributed by atoms with van der Waals surface area (Å²) in [6, 6.07) is 15.2. The van der Waals surface area contributed by atoms with Crippen LogP contribution in [0.4, 0.5) is 5.69 Å². The zero-order chi connectivity index (χ0) is 12.3. The lowest BCUT2D eigenvalue weighted by atomic mass is 10.2. The maximum Gasteiger partial charge on any atom is 0.255 e. The Morgan fingerprint density at radius 3 is 2.29 bits per heavy atom. The van der Waals surface area contributed by atoms with Crippen molar-refractivity contribution in [3.05, 3.63) is 61.2 Å². The monoisotopic (exact) mass is 449 g/mol. The fraction of sp³-hybridized carbons (Fsp3) is 0. The van der Waals surface area contributed by atoms with Crippen molar-refractivity contribution in [2.45, 2.75) is 0 Å². The molecule has 0 saturated carbocycles. The average molecular weight is 449 g/mol. The first-order valence-corrected chi connectivity index (χ1v) is 7.13. The Balaban J connectivity index is 2.14. The Hall–Kier alpha value is -0.630. The molecule has 0 spiro atoms. The number of nitrogens with one attached hydrogen (secondary N) is 1. The molecule has 1 N–H and O–H groups in total. The molecule has 0 radical (unpaired) electrons. The minimum absolute atomic E-state index is 0.0790. The molecular formula is C13H9I2NO. The van der Waals surface area contributed by atoms with E-state index in [1.54, 1.807) is 0 Å². The van der Waals surface area contributed by atoms with Gasteiger partial charge < -0.3 is 5.32 Å². The van der Waals surface area contributed by atoms with Crippen LogP contribution in [0.3, 0.4) is 0 Å². The molecule has 0 aliphatic heterocycles. The van der Waals surface area contributed by atoms with Gasteiger partial charge in [-0.2, -0.15) is 0 Å². The van der Waals surface area contributed by atoms with Gasteiger partial charge in [-0.25, -0.2) is 0 Å². The summed E-state index contributed by atoms with van der Waals surface area (Å²) in [4.78, 5) is 11.9. The van der Waals surface area contributed by atoms with Crippen LogP contribution in [-0.2, 0) is 0 Å². The second-order valence-electron chi connectivity index (χ2n) is 3.47. The highest BCUT2D eigenvalue weighted by atomic mass is 127. The van der Waals surface area contributed by atoms with Crippen LogP contribution < -0.4 is 5.32 Å². The highest BCUT2D eigenvalue weighted by molar-refractivity contribution is 14.1. The summed E-state index contributed by atoms with van der Waals surface area (Å²) in [5, 5.41) is 2.87. The molecule has 1 amide bonds. The molecule has 2 aromatic rings. The quantitative estimate of drug-likeness (QED) is 0.687. The molecule has 0 unspecified atom stereocenters. The number of halogens is 2. The molecule has 0 bridgehead atoms. The Morgan fingerprint density at radius 1 is 0.941 bits per heavy atom. The van der Waals surface area contributed by atoms with E-state index in [-0.39, 0.29) is 5.91 Å². The van der Waals surface area contributed by atoms with Gasteiger partial charge in [0.25, 0.3) is 5.91 Å². The molecule has 0 heterocycles. The third-order valence-electron chi connectivity index (χ3n) is 2.19. The van der Waals surface area contributed by atoms with Crippen LogP contribution in [0.2, 0.25) is 0 Å². The molecule has 2 aromatic carbocycles. The van der Waals surface area contributed by atoms with Gasteiger partial charge in [-0.15, -0.1) is 0 Å². The van der Waals surface area contributed by atoms with E-state index < -0.39 is 0 Å². The van der Waals surface area contributed by atoms with Gasteiger partial charge in [0.2, 0.25) is 0 Å². The fourth-order valence-corrected chi connectivity index (χ4v) is 2.27. The average Bonchev–Trinajstić information content (AvgIpc) is 2.32. The first kappa shape index (κ1) is 12.8. The van der Waals surface area contributed by atoms with E-state index in [0.717, 1.165) is 12.8 Å². The second-order valence-corrected chi connectivity index (χ2v) is 5.96. The van der Waals surface area contributed by atoms with E-state index in [1.807, 2.05) is 48.5 Å².